The molecule has 0 unspecified atom stereocenters. The van der Waals surface area contributed by atoms with Crippen molar-refractivity contribution in [3.05, 3.63) is 0 Å². The zero-order valence-corrected chi connectivity index (χ0v) is 8.54. The van der Waals surface area contributed by atoms with Crippen LogP contribution in [0.15, 0.2) is 0 Å². The number of hydrogen-bond donors (Lipinski definition) is 1. The van der Waals surface area contributed by atoms with Gasteiger partial charge in [0.15, 0.2) is 5.60 Å². The first-order chi connectivity index (χ1) is 5.99. The molecule has 0 aromatic heterocycles. The fourth-order valence-corrected chi connectivity index (χ4v) is 1.71. The summed E-state index contributed by atoms with van der Waals surface area (Å²) in [5, 5.41) is 9.75. The molecule has 0 atom stereocenters. The van der Waals surface area contributed by atoms with Gasteiger partial charge >= 0.3 is 5.97 Å². The fraction of sp³-hybridized carbons (Fsp3) is 0.900. The van der Waals surface area contributed by atoms with Gasteiger partial charge in [-0.05, 0) is 31.6 Å². The molecule has 1 aliphatic carbocycles. The average Bonchev–Trinajstić information content (AvgIpc) is 1.98. The predicted molar refractivity (Wildman–Crippen MR) is 49.1 cm³/mol. The second-order valence-electron chi connectivity index (χ2n) is 4.16. The van der Waals surface area contributed by atoms with Crippen LogP contribution in [0.25, 0.3) is 0 Å². The molecule has 1 saturated carbocycles. The van der Waals surface area contributed by atoms with Crippen LogP contribution in [0.1, 0.15) is 33.6 Å². The molecule has 0 amide bonds. The van der Waals surface area contributed by atoms with Gasteiger partial charge in [0, 0.05) is 0 Å². The van der Waals surface area contributed by atoms with E-state index in [4.69, 9.17) is 4.74 Å². The Bertz CT molecular complexity index is 192. The molecular weight excluding hydrogens is 168 g/mol. The molecule has 3 nitrogen and oxygen atoms in total. The molecule has 1 aliphatic rings. The van der Waals surface area contributed by atoms with Crippen molar-refractivity contribution in [2.75, 3.05) is 6.61 Å². The van der Waals surface area contributed by atoms with Crippen molar-refractivity contribution in [2.45, 2.75) is 39.2 Å². The topological polar surface area (TPSA) is 46.5 Å². The monoisotopic (exact) mass is 186 g/mol. The van der Waals surface area contributed by atoms with Crippen molar-refractivity contribution in [3.63, 3.8) is 0 Å². The molecule has 76 valence electrons. The normalized spacial score (nSPS) is 32.8. The summed E-state index contributed by atoms with van der Waals surface area (Å²) in [4.78, 5) is 11.2. The van der Waals surface area contributed by atoms with Crippen LogP contribution in [-0.4, -0.2) is 23.3 Å². The van der Waals surface area contributed by atoms with Crippen molar-refractivity contribution in [1.82, 2.24) is 0 Å². The molecule has 3 heteroatoms. The minimum atomic E-state index is -1.18. The van der Waals surface area contributed by atoms with E-state index in [0.717, 1.165) is 0 Å². The highest BCUT2D eigenvalue weighted by Crippen LogP contribution is 2.42. The molecule has 1 N–H and O–H groups in total. The lowest BCUT2D eigenvalue weighted by molar-refractivity contribution is -0.182. The van der Waals surface area contributed by atoms with E-state index in [0.29, 0.717) is 31.3 Å². The zero-order valence-electron chi connectivity index (χ0n) is 8.54. The number of aliphatic hydroxyl groups is 1. The van der Waals surface area contributed by atoms with Gasteiger partial charge in [0.1, 0.15) is 0 Å². The summed E-state index contributed by atoms with van der Waals surface area (Å²) >= 11 is 0. The zero-order chi connectivity index (χ0) is 10.1. The van der Waals surface area contributed by atoms with Crippen LogP contribution in [0.2, 0.25) is 0 Å². The quantitative estimate of drug-likeness (QED) is 0.677. The molecule has 0 radical (unpaired) electrons. The van der Waals surface area contributed by atoms with Crippen molar-refractivity contribution in [2.24, 2.45) is 11.8 Å². The maximum atomic E-state index is 11.2. The van der Waals surface area contributed by atoms with Gasteiger partial charge in [-0.25, -0.2) is 4.79 Å². The van der Waals surface area contributed by atoms with Crippen molar-refractivity contribution in [3.8, 4) is 0 Å². The molecule has 13 heavy (non-hydrogen) atoms. The molecule has 0 aliphatic heterocycles. The van der Waals surface area contributed by atoms with E-state index >= 15 is 0 Å². The maximum Gasteiger partial charge on any atom is 0.338 e. The molecule has 0 bridgehead atoms. The number of ether oxygens (including phenoxy) is 1. The van der Waals surface area contributed by atoms with Gasteiger partial charge < -0.3 is 9.84 Å². The van der Waals surface area contributed by atoms with E-state index < -0.39 is 11.6 Å². The van der Waals surface area contributed by atoms with Crippen LogP contribution in [0.3, 0.4) is 0 Å². The van der Waals surface area contributed by atoms with Gasteiger partial charge in [0.25, 0.3) is 0 Å². The lowest BCUT2D eigenvalue weighted by atomic mass is 9.66. The Hall–Kier alpha value is -0.570. The van der Waals surface area contributed by atoms with Gasteiger partial charge in [0.05, 0.1) is 6.61 Å². The minimum Gasteiger partial charge on any atom is -0.464 e. The first-order valence-electron chi connectivity index (χ1n) is 4.89. The van der Waals surface area contributed by atoms with E-state index in [1.54, 1.807) is 6.92 Å². The minimum absolute atomic E-state index is 0.341. The Kier molecular flexibility index (Phi) is 2.96. The van der Waals surface area contributed by atoms with Crippen LogP contribution in [0.5, 0.6) is 0 Å². The van der Waals surface area contributed by atoms with E-state index in [1.165, 1.54) is 0 Å². The van der Waals surface area contributed by atoms with E-state index in [2.05, 4.69) is 13.8 Å². The molecule has 0 heterocycles. The fourth-order valence-electron chi connectivity index (χ4n) is 1.71. The van der Waals surface area contributed by atoms with Gasteiger partial charge in [-0.2, -0.15) is 0 Å². The summed E-state index contributed by atoms with van der Waals surface area (Å²) < 4.78 is 4.79. The molecular formula is C10H18O3. The number of esters is 1. The number of carbonyl (C=O) groups is 1. The van der Waals surface area contributed by atoms with Gasteiger partial charge in [-0.1, -0.05) is 13.8 Å². The van der Waals surface area contributed by atoms with Gasteiger partial charge in [0.2, 0.25) is 0 Å². The number of hydrogen-bond acceptors (Lipinski definition) is 3. The first kappa shape index (κ1) is 10.5. The Balaban J connectivity index is 2.41. The van der Waals surface area contributed by atoms with Crippen molar-refractivity contribution in [1.29, 1.82) is 0 Å². The summed E-state index contributed by atoms with van der Waals surface area (Å²) in [5.74, 6) is 0.552. The lowest BCUT2D eigenvalue weighted by Crippen LogP contribution is -2.52. The average molecular weight is 186 g/mol. The standard InChI is InChI=1S/C10H18O3/c1-4-13-9(11)10(12)5-8(6-10)7(2)3/h7-8,12H,4-6H2,1-3H3. The smallest absolute Gasteiger partial charge is 0.338 e. The highest BCUT2D eigenvalue weighted by atomic mass is 16.5. The highest BCUT2D eigenvalue weighted by molar-refractivity contribution is 5.80. The van der Waals surface area contributed by atoms with Crippen molar-refractivity contribution < 1.29 is 14.6 Å². The SMILES string of the molecule is CCOC(=O)C1(O)CC(C(C)C)C1. The van der Waals surface area contributed by atoms with Gasteiger partial charge in [-0.15, -0.1) is 0 Å². The van der Waals surface area contributed by atoms with E-state index in [9.17, 15) is 9.90 Å². The Morgan fingerprint density at radius 1 is 1.62 bits per heavy atom. The summed E-state index contributed by atoms with van der Waals surface area (Å²) in [7, 11) is 0. The van der Waals surface area contributed by atoms with Crippen LogP contribution >= 0.6 is 0 Å². The number of carbonyl (C=O) groups excluding carboxylic acids is 1. The summed E-state index contributed by atoms with van der Waals surface area (Å²) in [6, 6.07) is 0. The van der Waals surface area contributed by atoms with Gasteiger partial charge in [-0.3, -0.25) is 0 Å². The predicted octanol–water partition coefficient (Wildman–Crippen LogP) is 1.35. The second kappa shape index (κ2) is 3.66. The molecule has 1 rings (SSSR count). The highest BCUT2D eigenvalue weighted by Gasteiger charge is 2.50. The maximum absolute atomic E-state index is 11.2. The van der Waals surface area contributed by atoms with Crippen LogP contribution in [0, 0.1) is 11.8 Å². The Morgan fingerprint density at radius 3 is 2.54 bits per heavy atom. The van der Waals surface area contributed by atoms with Crippen LogP contribution < -0.4 is 0 Å². The van der Waals surface area contributed by atoms with Crippen LogP contribution in [0.4, 0.5) is 0 Å². The Labute approximate surface area is 79.1 Å². The third-order valence-corrected chi connectivity index (χ3v) is 2.80. The molecule has 0 spiro atoms. The molecule has 1 fully saturated rings. The largest absolute Gasteiger partial charge is 0.464 e. The van der Waals surface area contributed by atoms with Crippen LogP contribution in [-0.2, 0) is 9.53 Å². The third kappa shape index (κ3) is 2.02. The summed E-state index contributed by atoms with van der Waals surface area (Å²) in [6.07, 6.45) is 1.12. The molecule has 0 aromatic rings. The lowest BCUT2D eigenvalue weighted by Gasteiger charge is -2.43. The molecule has 0 saturated heterocycles. The molecule has 0 aromatic carbocycles. The van der Waals surface area contributed by atoms with Crippen molar-refractivity contribution >= 4 is 5.97 Å². The Morgan fingerprint density at radius 2 is 2.15 bits per heavy atom. The second-order valence-corrected chi connectivity index (χ2v) is 4.16. The van der Waals surface area contributed by atoms with E-state index in [-0.39, 0.29) is 0 Å². The third-order valence-electron chi connectivity index (χ3n) is 2.80. The summed E-state index contributed by atoms with van der Waals surface area (Å²) in [6.45, 7) is 6.30. The van der Waals surface area contributed by atoms with E-state index in [1.807, 2.05) is 0 Å². The first-order valence-corrected chi connectivity index (χ1v) is 4.89. The summed E-state index contributed by atoms with van der Waals surface area (Å²) in [5.41, 5.74) is -1.18. The number of rotatable bonds is 3.